The van der Waals surface area contributed by atoms with Gasteiger partial charge in [0.1, 0.15) is 12.0 Å². The molecule has 2 heterocycles. The third-order valence-corrected chi connectivity index (χ3v) is 4.71. The number of ether oxygens (including phenoxy) is 1. The number of likely N-dealkylation sites (tertiary alicyclic amines) is 1. The van der Waals surface area contributed by atoms with Gasteiger partial charge in [-0.05, 0) is 38.8 Å². The minimum atomic E-state index is -0.0726. The van der Waals surface area contributed by atoms with Crippen LogP contribution < -0.4 is 10.1 Å². The molecule has 2 aromatic rings. The molecule has 3 rings (SSSR count). The van der Waals surface area contributed by atoms with Crippen molar-refractivity contribution in [3.63, 3.8) is 0 Å². The Balaban J connectivity index is 1.50. The lowest BCUT2D eigenvalue weighted by Gasteiger charge is -2.31. The van der Waals surface area contributed by atoms with Gasteiger partial charge in [-0.15, -0.1) is 0 Å². The first kappa shape index (κ1) is 19.0. The number of benzene rings is 1. The van der Waals surface area contributed by atoms with Gasteiger partial charge in [0.05, 0.1) is 17.9 Å². The van der Waals surface area contributed by atoms with E-state index < -0.39 is 0 Å². The van der Waals surface area contributed by atoms with Crippen LogP contribution in [0.25, 0.3) is 0 Å². The van der Waals surface area contributed by atoms with Crippen molar-refractivity contribution in [2.75, 3.05) is 13.1 Å². The molecular formula is C21H26N2O4. The van der Waals surface area contributed by atoms with Crippen LogP contribution in [-0.4, -0.2) is 35.9 Å². The summed E-state index contributed by atoms with van der Waals surface area (Å²) in [6.45, 7) is 5.56. The van der Waals surface area contributed by atoms with E-state index >= 15 is 0 Å². The molecule has 0 saturated carbocycles. The highest BCUT2D eigenvalue weighted by Crippen LogP contribution is 2.22. The van der Waals surface area contributed by atoms with Gasteiger partial charge in [0, 0.05) is 31.1 Å². The van der Waals surface area contributed by atoms with Crippen molar-refractivity contribution in [3.05, 3.63) is 54.0 Å². The Morgan fingerprint density at radius 3 is 2.63 bits per heavy atom. The number of rotatable bonds is 6. The van der Waals surface area contributed by atoms with Gasteiger partial charge in [-0.3, -0.25) is 9.59 Å². The maximum atomic E-state index is 12.5. The number of carbonyl (C=O) groups is 2. The molecule has 1 aromatic heterocycles. The maximum Gasteiger partial charge on any atom is 0.257 e. The van der Waals surface area contributed by atoms with E-state index in [4.69, 9.17) is 9.15 Å². The Labute approximate surface area is 159 Å². The number of piperidine rings is 1. The Kier molecular flexibility index (Phi) is 6.16. The van der Waals surface area contributed by atoms with Gasteiger partial charge in [-0.1, -0.05) is 18.2 Å². The van der Waals surface area contributed by atoms with Crippen molar-refractivity contribution in [1.29, 1.82) is 0 Å². The lowest BCUT2D eigenvalue weighted by molar-refractivity contribution is -0.126. The number of carbonyl (C=O) groups excluding carboxylic acids is 2. The average molecular weight is 370 g/mol. The first-order valence-electron chi connectivity index (χ1n) is 9.38. The second-order valence-corrected chi connectivity index (χ2v) is 7.07. The largest absolute Gasteiger partial charge is 0.491 e. The Bertz CT molecular complexity index is 762. The Hall–Kier alpha value is -2.76. The number of nitrogens with one attached hydrogen (secondary N) is 1. The van der Waals surface area contributed by atoms with Crippen LogP contribution in [0.1, 0.15) is 42.6 Å². The topological polar surface area (TPSA) is 71.8 Å². The predicted molar refractivity (Wildman–Crippen MR) is 101 cm³/mol. The molecule has 1 aliphatic rings. The van der Waals surface area contributed by atoms with Gasteiger partial charge in [0.15, 0.2) is 0 Å². The van der Waals surface area contributed by atoms with Crippen molar-refractivity contribution >= 4 is 11.8 Å². The highest BCUT2D eigenvalue weighted by Gasteiger charge is 2.28. The summed E-state index contributed by atoms with van der Waals surface area (Å²) >= 11 is 0. The number of nitrogens with zero attached hydrogens (tertiary/aromatic N) is 1. The van der Waals surface area contributed by atoms with Crippen LogP contribution >= 0.6 is 0 Å². The number of para-hydroxylation sites is 1. The van der Waals surface area contributed by atoms with Crippen LogP contribution in [0.15, 0.2) is 47.3 Å². The fourth-order valence-electron chi connectivity index (χ4n) is 3.26. The van der Waals surface area contributed by atoms with E-state index in [1.54, 1.807) is 11.0 Å². The second-order valence-electron chi connectivity index (χ2n) is 7.07. The molecule has 0 aliphatic carbocycles. The number of furan rings is 1. The molecule has 27 heavy (non-hydrogen) atoms. The summed E-state index contributed by atoms with van der Waals surface area (Å²) in [5.74, 6) is 0.719. The van der Waals surface area contributed by atoms with Crippen LogP contribution in [0.3, 0.4) is 0 Å². The molecule has 2 amide bonds. The normalized spacial score (nSPS) is 15.0. The minimum absolute atomic E-state index is 0.0322. The van der Waals surface area contributed by atoms with Crippen molar-refractivity contribution in [2.24, 2.45) is 5.92 Å². The molecule has 1 aliphatic heterocycles. The van der Waals surface area contributed by atoms with Gasteiger partial charge < -0.3 is 19.4 Å². The lowest BCUT2D eigenvalue weighted by atomic mass is 9.95. The van der Waals surface area contributed by atoms with Gasteiger partial charge in [0.25, 0.3) is 5.91 Å². The zero-order valence-corrected chi connectivity index (χ0v) is 15.8. The fourth-order valence-corrected chi connectivity index (χ4v) is 3.26. The molecule has 0 radical (unpaired) electrons. The average Bonchev–Trinajstić information content (AvgIpc) is 3.21. The summed E-state index contributed by atoms with van der Waals surface area (Å²) in [5, 5.41) is 3.02. The second kappa shape index (κ2) is 8.75. The van der Waals surface area contributed by atoms with Gasteiger partial charge in [-0.25, -0.2) is 0 Å². The van der Waals surface area contributed by atoms with Gasteiger partial charge >= 0.3 is 0 Å². The van der Waals surface area contributed by atoms with Crippen molar-refractivity contribution < 1.29 is 18.7 Å². The summed E-state index contributed by atoms with van der Waals surface area (Å²) < 4.78 is 10.8. The molecule has 1 saturated heterocycles. The van der Waals surface area contributed by atoms with E-state index in [0.29, 0.717) is 38.0 Å². The molecule has 0 spiro atoms. The summed E-state index contributed by atoms with van der Waals surface area (Å²) in [4.78, 5) is 26.6. The van der Waals surface area contributed by atoms with E-state index in [1.807, 2.05) is 38.1 Å². The summed E-state index contributed by atoms with van der Waals surface area (Å²) in [5.41, 5.74) is 1.52. The van der Waals surface area contributed by atoms with Gasteiger partial charge in [-0.2, -0.15) is 0 Å². The van der Waals surface area contributed by atoms with E-state index in [9.17, 15) is 9.59 Å². The number of hydrogen-bond acceptors (Lipinski definition) is 4. The quantitative estimate of drug-likeness (QED) is 0.847. The third-order valence-electron chi connectivity index (χ3n) is 4.71. The summed E-state index contributed by atoms with van der Waals surface area (Å²) in [6.07, 6.45) is 4.37. The Morgan fingerprint density at radius 1 is 1.22 bits per heavy atom. The summed E-state index contributed by atoms with van der Waals surface area (Å²) in [6, 6.07) is 9.41. The van der Waals surface area contributed by atoms with E-state index in [0.717, 1.165) is 11.3 Å². The molecule has 1 N–H and O–H groups in total. The first-order valence-corrected chi connectivity index (χ1v) is 9.38. The molecule has 0 atom stereocenters. The number of hydrogen-bond donors (Lipinski definition) is 1. The van der Waals surface area contributed by atoms with Crippen LogP contribution in [-0.2, 0) is 11.3 Å². The molecule has 1 fully saturated rings. The zero-order valence-electron chi connectivity index (χ0n) is 15.8. The van der Waals surface area contributed by atoms with Crippen molar-refractivity contribution in [1.82, 2.24) is 10.2 Å². The minimum Gasteiger partial charge on any atom is -0.491 e. The highest BCUT2D eigenvalue weighted by atomic mass is 16.5. The van der Waals surface area contributed by atoms with E-state index in [2.05, 4.69) is 5.32 Å². The van der Waals surface area contributed by atoms with Crippen LogP contribution in [0.2, 0.25) is 0 Å². The van der Waals surface area contributed by atoms with E-state index in [-0.39, 0.29) is 23.8 Å². The SMILES string of the molecule is CC(C)Oc1ccccc1CNC(=O)C1CCN(C(=O)c2ccoc2)CC1. The molecule has 144 valence electrons. The molecule has 0 unspecified atom stereocenters. The molecule has 1 aromatic carbocycles. The van der Waals surface area contributed by atoms with Crippen molar-refractivity contribution in [3.8, 4) is 5.75 Å². The highest BCUT2D eigenvalue weighted by molar-refractivity contribution is 5.94. The smallest absolute Gasteiger partial charge is 0.257 e. The van der Waals surface area contributed by atoms with Crippen LogP contribution in [0.5, 0.6) is 5.75 Å². The zero-order chi connectivity index (χ0) is 19.2. The first-order chi connectivity index (χ1) is 13.0. The monoisotopic (exact) mass is 370 g/mol. The van der Waals surface area contributed by atoms with Gasteiger partial charge in [0.2, 0.25) is 5.91 Å². The van der Waals surface area contributed by atoms with Crippen molar-refractivity contribution in [2.45, 2.75) is 39.3 Å². The standard InChI is InChI=1S/C21H26N2O4/c1-15(2)27-19-6-4-3-5-17(19)13-22-20(24)16-7-10-23(11-8-16)21(25)18-9-12-26-14-18/h3-6,9,12,14-16H,7-8,10-11,13H2,1-2H3,(H,22,24). The molecule has 6 heteroatoms. The maximum absolute atomic E-state index is 12.5. The third kappa shape index (κ3) is 4.90. The predicted octanol–water partition coefficient (Wildman–Crippen LogP) is 3.24. The lowest BCUT2D eigenvalue weighted by Crippen LogP contribution is -2.42. The Morgan fingerprint density at radius 2 is 1.96 bits per heavy atom. The molecule has 6 nitrogen and oxygen atoms in total. The van der Waals surface area contributed by atoms with E-state index in [1.165, 1.54) is 12.5 Å². The van der Waals surface area contributed by atoms with Crippen LogP contribution in [0, 0.1) is 5.92 Å². The fraction of sp³-hybridized carbons (Fsp3) is 0.429. The molecule has 0 bridgehead atoms. The molecular weight excluding hydrogens is 344 g/mol. The summed E-state index contributed by atoms with van der Waals surface area (Å²) in [7, 11) is 0. The van der Waals surface area contributed by atoms with Crippen LogP contribution in [0.4, 0.5) is 0 Å². The number of amides is 2.